The minimum Gasteiger partial charge on any atom is -0.388 e. The highest BCUT2D eigenvalue weighted by Gasteiger charge is 2.15. The summed E-state index contributed by atoms with van der Waals surface area (Å²) >= 11 is 0. The smallest absolute Gasteiger partial charge is 0.256 e. The topological polar surface area (TPSA) is 79.2 Å². The van der Waals surface area contributed by atoms with E-state index >= 15 is 0 Å². The van der Waals surface area contributed by atoms with Gasteiger partial charge in [-0.2, -0.15) is 0 Å². The summed E-state index contributed by atoms with van der Waals surface area (Å²) in [5, 5.41) is 10.2. The van der Waals surface area contributed by atoms with Gasteiger partial charge in [0.1, 0.15) is 0 Å². The molecule has 2 aromatic heterocycles. The molecule has 0 bridgehead atoms. The van der Waals surface area contributed by atoms with Crippen LogP contribution in [0.25, 0.3) is 11.4 Å². The maximum atomic E-state index is 12.5. The Kier molecular flexibility index (Phi) is 5.66. The van der Waals surface area contributed by atoms with E-state index in [0.717, 1.165) is 11.1 Å². The van der Waals surface area contributed by atoms with Gasteiger partial charge in [-0.05, 0) is 24.1 Å². The first-order valence-electron chi connectivity index (χ1n) is 8.36. The lowest BCUT2D eigenvalue weighted by Gasteiger charge is -2.19. The molecule has 0 spiro atoms. The maximum absolute atomic E-state index is 12.5. The molecule has 6 nitrogen and oxygen atoms in total. The summed E-state index contributed by atoms with van der Waals surface area (Å²) in [6.45, 7) is 0.432. The summed E-state index contributed by atoms with van der Waals surface area (Å²) in [7, 11) is 1.71. The summed E-state index contributed by atoms with van der Waals surface area (Å²) in [6.07, 6.45) is 6.25. The van der Waals surface area contributed by atoms with E-state index in [2.05, 4.69) is 15.0 Å². The van der Waals surface area contributed by atoms with Crippen LogP contribution in [0.4, 0.5) is 0 Å². The Hall–Kier alpha value is -3.12. The molecule has 3 rings (SSSR count). The van der Waals surface area contributed by atoms with Gasteiger partial charge in [-0.25, -0.2) is 9.97 Å². The Morgan fingerprint density at radius 1 is 1.08 bits per heavy atom. The van der Waals surface area contributed by atoms with E-state index in [4.69, 9.17) is 0 Å². The van der Waals surface area contributed by atoms with Gasteiger partial charge in [0.05, 0.1) is 11.7 Å². The maximum Gasteiger partial charge on any atom is 0.256 e. The van der Waals surface area contributed by atoms with Gasteiger partial charge in [-0.15, -0.1) is 0 Å². The number of aliphatic hydroxyl groups excluding tert-OH is 1. The van der Waals surface area contributed by atoms with Crippen molar-refractivity contribution in [2.24, 2.45) is 0 Å². The molecule has 0 saturated heterocycles. The van der Waals surface area contributed by atoms with E-state index in [9.17, 15) is 9.90 Å². The molecule has 3 aromatic rings. The molecule has 6 heteroatoms. The van der Waals surface area contributed by atoms with Gasteiger partial charge >= 0.3 is 0 Å². The third kappa shape index (κ3) is 4.29. The second-order valence-electron chi connectivity index (χ2n) is 5.97. The van der Waals surface area contributed by atoms with Crippen molar-refractivity contribution in [1.82, 2.24) is 19.9 Å². The number of carbonyl (C=O) groups excluding carboxylic acids is 1. The van der Waals surface area contributed by atoms with Crippen LogP contribution in [0, 0.1) is 0 Å². The number of pyridine rings is 1. The van der Waals surface area contributed by atoms with Crippen LogP contribution in [0.5, 0.6) is 0 Å². The third-order valence-corrected chi connectivity index (χ3v) is 4.11. The second-order valence-corrected chi connectivity index (χ2v) is 5.97. The normalized spacial score (nSPS) is 11.8. The average molecular weight is 348 g/mol. The first-order chi connectivity index (χ1) is 12.6. The van der Waals surface area contributed by atoms with Gasteiger partial charge in [0.25, 0.3) is 5.91 Å². The summed E-state index contributed by atoms with van der Waals surface area (Å²) < 4.78 is 0. The number of hydrogen-bond acceptors (Lipinski definition) is 5. The highest BCUT2D eigenvalue weighted by molar-refractivity contribution is 5.93. The molecule has 0 aliphatic carbocycles. The monoisotopic (exact) mass is 348 g/mol. The Morgan fingerprint density at radius 3 is 2.38 bits per heavy atom. The minimum absolute atomic E-state index is 0.174. The second kappa shape index (κ2) is 8.31. The summed E-state index contributed by atoms with van der Waals surface area (Å²) in [4.78, 5) is 26.5. The highest BCUT2D eigenvalue weighted by Crippen LogP contribution is 2.17. The average Bonchev–Trinajstić information content (AvgIpc) is 2.72. The Morgan fingerprint density at radius 2 is 1.73 bits per heavy atom. The van der Waals surface area contributed by atoms with Crippen LogP contribution in [-0.4, -0.2) is 44.5 Å². The molecule has 1 N–H and O–H groups in total. The van der Waals surface area contributed by atoms with Gasteiger partial charge < -0.3 is 10.0 Å². The van der Waals surface area contributed by atoms with E-state index in [-0.39, 0.29) is 5.91 Å². The van der Waals surface area contributed by atoms with Crippen LogP contribution in [0.3, 0.4) is 0 Å². The number of benzene rings is 1. The largest absolute Gasteiger partial charge is 0.388 e. The molecule has 0 aliphatic heterocycles. The number of nitrogens with zero attached hydrogens (tertiary/aromatic N) is 4. The van der Waals surface area contributed by atoms with Crippen LogP contribution in [0.15, 0.2) is 67.3 Å². The highest BCUT2D eigenvalue weighted by atomic mass is 16.3. The molecule has 1 aromatic carbocycles. The molecule has 0 aliphatic rings. The van der Waals surface area contributed by atoms with Crippen LogP contribution in [0.2, 0.25) is 0 Å². The lowest BCUT2D eigenvalue weighted by atomic mass is 10.1. The lowest BCUT2D eigenvalue weighted by molar-refractivity contribution is 0.0760. The molecule has 2 heterocycles. The number of amides is 1. The van der Waals surface area contributed by atoms with Crippen molar-refractivity contribution in [2.75, 3.05) is 13.6 Å². The number of hydrogen-bond donors (Lipinski definition) is 1. The van der Waals surface area contributed by atoms with Crippen molar-refractivity contribution in [2.45, 2.75) is 12.5 Å². The van der Waals surface area contributed by atoms with Crippen LogP contribution in [-0.2, 0) is 0 Å². The summed E-state index contributed by atoms with van der Waals surface area (Å²) in [5.74, 6) is 0.373. The van der Waals surface area contributed by atoms with Crippen molar-refractivity contribution in [3.8, 4) is 11.4 Å². The van der Waals surface area contributed by atoms with Crippen LogP contribution >= 0.6 is 0 Å². The van der Waals surface area contributed by atoms with E-state index in [1.807, 2.05) is 42.5 Å². The molecular formula is C20H20N4O2. The van der Waals surface area contributed by atoms with Gasteiger partial charge in [-0.3, -0.25) is 9.78 Å². The Labute approximate surface area is 152 Å². The zero-order valence-corrected chi connectivity index (χ0v) is 14.5. The van der Waals surface area contributed by atoms with E-state index in [1.165, 1.54) is 12.4 Å². The minimum atomic E-state index is -0.600. The molecule has 0 radical (unpaired) electrons. The van der Waals surface area contributed by atoms with Crippen molar-refractivity contribution in [1.29, 1.82) is 0 Å². The fourth-order valence-corrected chi connectivity index (χ4v) is 2.57. The van der Waals surface area contributed by atoms with Gasteiger partial charge in [0.2, 0.25) is 0 Å². The molecule has 26 heavy (non-hydrogen) atoms. The SMILES string of the molecule is CN(CCC(O)c1ccccc1)C(=O)c1cnc(-c2ccncc2)nc1. The number of rotatable bonds is 6. The number of aliphatic hydroxyl groups is 1. The standard InChI is InChI=1S/C20H20N4O2/c1-24(12-9-18(25)15-5-3-2-4-6-15)20(26)17-13-22-19(23-14-17)16-7-10-21-11-8-16/h2-8,10-11,13-14,18,25H,9,12H2,1H3. The lowest BCUT2D eigenvalue weighted by Crippen LogP contribution is -2.29. The molecule has 0 saturated carbocycles. The molecule has 0 fully saturated rings. The molecule has 1 amide bonds. The van der Waals surface area contributed by atoms with Crippen LogP contribution in [0.1, 0.15) is 28.4 Å². The van der Waals surface area contributed by atoms with Gasteiger partial charge in [0, 0.05) is 43.9 Å². The Bertz CT molecular complexity index is 839. The summed E-state index contributed by atoms with van der Waals surface area (Å²) in [6, 6.07) is 13.0. The first-order valence-corrected chi connectivity index (χ1v) is 8.36. The van der Waals surface area contributed by atoms with E-state index < -0.39 is 6.10 Å². The number of aromatic nitrogens is 3. The van der Waals surface area contributed by atoms with Crippen molar-refractivity contribution < 1.29 is 9.90 Å². The predicted octanol–water partition coefficient (Wildman–Crippen LogP) is 2.73. The van der Waals surface area contributed by atoms with Gasteiger partial charge in [-0.1, -0.05) is 30.3 Å². The van der Waals surface area contributed by atoms with Crippen molar-refractivity contribution in [3.63, 3.8) is 0 Å². The van der Waals surface area contributed by atoms with Crippen molar-refractivity contribution >= 4 is 5.91 Å². The fraction of sp³-hybridized carbons (Fsp3) is 0.200. The Balaban J connectivity index is 1.60. The molecule has 132 valence electrons. The molecule has 1 atom stereocenters. The van der Waals surface area contributed by atoms with E-state index in [0.29, 0.717) is 24.4 Å². The van der Waals surface area contributed by atoms with Gasteiger partial charge in [0.15, 0.2) is 5.82 Å². The molecule has 1 unspecified atom stereocenters. The zero-order valence-electron chi connectivity index (χ0n) is 14.5. The number of carbonyl (C=O) groups is 1. The van der Waals surface area contributed by atoms with Crippen molar-refractivity contribution in [3.05, 3.63) is 78.4 Å². The first kappa shape index (κ1) is 17.7. The predicted molar refractivity (Wildman–Crippen MR) is 98.2 cm³/mol. The quantitative estimate of drug-likeness (QED) is 0.741. The summed E-state index contributed by atoms with van der Waals surface area (Å²) in [5.41, 5.74) is 2.11. The van der Waals surface area contributed by atoms with E-state index in [1.54, 1.807) is 24.3 Å². The molecular weight excluding hydrogens is 328 g/mol. The zero-order chi connectivity index (χ0) is 18.4. The van der Waals surface area contributed by atoms with Crippen LogP contribution < -0.4 is 0 Å². The third-order valence-electron chi connectivity index (χ3n) is 4.11. The fourth-order valence-electron chi connectivity index (χ4n) is 2.57.